The summed E-state index contributed by atoms with van der Waals surface area (Å²) in [5, 5.41) is 3.59. The predicted octanol–water partition coefficient (Wildman–Crippen LogP) is 4.94. The zero-order valence-electron chi connectivity index (χ0n) is 19.3. The van der Waals surface area contributed by atoms with Gasteiger partial charge in [0.15, 0.2) is 0 Å². The number of imidazole rings is 1. The molecule has 3 aromatic heterocycles. The summed E-state index contributed by atoms with van der Waals surface area (Å²) >= 11 is 1.31. The third kappa shape index (κ3) is 3.57. The molecule has 5 heterocycles. The minimum atomic E-state index is -0.203. The molecule has 0 saturated heterocycles. The maximum absolute atomic E-state index is 13.2. The van der Waals surface area contributed by atoms with Crippen molar-refractivity contribution >= 4 is 33.1 Å². The van der Waals surface area contributed by atoms with E-state index in [0.29, 0.717) is 21.6 Å². The van der Waals surface area contributed by atoms with E-state index in [-0.39, 0.29) is 11.5 Å². The first-order chi connectivity index (χ1) is 16.6. The lowest BCUT2D eigenvalue weighted by atomic mass is 10.1. The molecule has 1 N–H and O–H groups in total. The SMILES string of the molecule is Cc1c(C(=O)Nc2ccc(-c3ncc4n3CCCC4)cc2)sc2nc3n(c(=O)c12)CCCCC3. The van der Waals surface area contributed by atoms with Crippen molar-refractivity contribution in [1.29, 1.82) is 0 Å². The Morgan fingerprint density at radius 2 is 1.76 bits per heavy atom. The average molecular weight is 474 g/mol. The van der Waals surface area contributed by atoms with Crippen LogP contribution in [0.4, 0.5) is 5.69 Å². The van der Waals surface area contributed by atoms with E-state index in [4.69, 9.17) is 4.98 Å². The van der Waals surface area contributed by atoms with Crippen molar-refractivity contribution in [3.05, 3.63) is 62.8 Å². The van der Waals surface area contributed by atoms with Crippen molar-refractivity contribution < 1.29 is 4.79 Å². The fourth-order valence-corrected chi connectivity index (χ4v) is 6.27. The van der Waals surface area contributed by atoms with Gasteiger partial charge in [-0.05, 0) is 68.9 Å². The van der Waals surface area contributed by atoms with Crippen molar-refractivity contribution in [2.24, 2.45) is 0 Å². The minimum Gasteiger partial charge on any atom is -0.328 e. The molecule has 0 radical (unpaired) electrons. The highest BCUT2D eigenvalue weighted by Crippen LogP contribution is 2.30. The first kappa shape index (κ1) is 21.3. The second-order valence-corrected chi connectivity index (χ2v) is 10.2. The summed E-state index contributed by atoms with van der Waals surface area (Å²) in [4.78, 5) is 36.9. The summed E-state index contributed by atoms with van der Waals surface area (Å²) in [6.45, 7) is 3.57. The van der Waals surface area contributed by atoms with Crippen molar-refractivity contribution in [2.45, 2.75) is 65.0 Å². The highest BCUT2D eigenvalue weighted by atomic mass is 32.1. The molecule has 0 saturated carbocycles. The Balaban J connectivity index is 1.27. The molecule has 1 amide bonds. The van der Waals surface area contributed by atoms with Gasteiger partial charge in [-0.2, -0.15) is 0 Å². The minimum absolute atomic E-state index is 0.0120. The van der Waals surface area contributed by atoms with Gasteiger partial charge in [0.25, 0.3) is 11.5 Å². The Bertz CT molecular complexity index is 1460. The summed E-state index contributed by atoms with van der Waals surface area (Å²) in [7, 11) is 0. The summed E-state index contributed by atoms with van der Waals surface area (Å²) in [6, 6.07) is 7.83. The Kier molecular flexibility index (Phi) is 5.32. The smallest absolute Gasteiger partial charge is 0.266 e. The monoisotopic (exact) mass is 473 g/mol. The number of fused-ring (bicyclic) bond motifs is 3. The van der Waals surface area contributed by atoms with Crippen molar-refractivity contribution in [2.75, 3.05) is 5.32 Å². The molecule has 8 heteroatoms. The largest absolute Gasteiger partial charge is 0.328 e. The Hall–Kier alpha value is -3.26. The predicted molar refractivity (Wildman–Crippen MR) is 135 cm³/mol. The number of amides is 1. The number of carbonyl (C=O) groups excluding carboxylic acids is 1. The third-order valence-corrected chi connectivity index (χ3v) is 8.21. The van der Waals surface area contributed by atoms with Gasteiger partial charge in [-0.15, -0.1) is 11.3 Å². The molecule has 34 heavy (non-hydrogen) atoms. The van der Waals surface area contributed by atoms with Gasteiger partial charge in [-0.3, -0.25) is 14.2 Å². The number of benzene rings is 1. The number of carbonyl (C=O) groups is 1. The van der Waals surface area contributed by atoms with E-state index in [1.165, 1.54) is 29.9 Å². The molecule has 0 bridgehead atoms. The molecular formula is C26H27N5O2S. The zero-order valence-corrected chi connectivity index (χ0v) is 20.1. The van der Waals surface area contributed by atoms with E-state index in [1.807, 2.05) is 42.0 Å². The van der Waals surface area contributed by atoms with Gasteiger partial charge in [0, 0.05) is 42.7 Å². The Morgan fingerprint density at radius 3 is 2.62 bits per heavy atom. The molecule has 2 aliphatic rings. The molecule has 1 aromatic carbocycles. The molecule has 7 nitrogen and oxygen atoms in total. The van der Waals surface area contributed by atoms with Crippen molar-refractivity contribution in [1.82, 2.24) is 19.1 Å². The lowest BCUT2D eigenvalue weighted by Gasteiger charge is -2.16. The molecule has 0 unspecified atom stereocenters. The Morgan fingerprint density at radius 1 is 1.00 bits per heavy atom. The molecule has 4 aromatic rings. The molecule has 0 atom stereocenters. The lowest BCUT2D eigenvalue weighted by Crippen LogP contribution is -2.24. The van der Waals surface area contributed by atoms with Crippen LogP contribution in [0.2, 0.25) is 0 Å². The normalized spacial score (nSPS) is 15.6. The number of rotatable bonds is 3. The van der Waals surface area contributed by atoms with Gasteiger partial charge in [0.2, 0.25) is 0 Å². The fourth-order valence-electron chi connectivity index (χ4n) is 5.18. The lowest BCUT2D eigenvalue weighted by molar-refractivity contribution is 0.103. The molecule has 2 aliphatic heterocycles. The van der Waals surface area contributed by atoms with Crippen LogP contribution in [0.5, 0.6) is 0 Å². The zero-order chi connectivity index (χ0) is 23.2. The fraction of sp³-hybridized carbons (Fsp3) is 0.385. The van der Waals surface area contributed by atoms with Crippen LogP contribution in [-0.4, -0.2) is 25.0 Å². The number of nitrogens with one attached hydrogen (secondary N) is 1. The first-order valence-corrected chi connectivity index (χ1v) is 12.9. The first-order valence-electron chi connectivity index (χ1n) is 12.1. The molecule has 0 aliphatic carbocycles. The summed E-state index contributed by atoms with van der Waals surface area (Å²) in [6.07, 6.45) is 9.43. The standard InChI is InChI=1S/C26H27N5O2S/c1-16-21-25(29-20-8-3-2-5-14-31(20)26(21)33)34-22(16)24(32)28-18-11-9-17(10-12-18)23-27-15-19-7-4-6-13-30(19)23/h9-12,15H,2-8,13-14H2,1H3,(H,28,32). The van der Waals surface area contributed by atoms with E-state index in [9.17, 15) is 9.59 Å². The van der Waals surface area contributed by atoms with Gasteiger partial charge in [0.05, 0.1) is 10.3 Å². The number of aromatic nitrogens is 4. The van der Waals surface area contributed by atoms with Crippen LogP contribution in [0, 0.1) is 6.92 Å². The van der Waals surface area contributed by atoms with E-state index in [1.54, 1.807) is 0 Å². The molecule has 0 fully saturated rings. The van der Waals surface area contributed by atoms with E-state index < -0.39 is 0 Å². The molecule has 0 spiro atoms. The second kappa shape index (κ2) is 8.51. The number of hydrogen-bond acceptors (Lipinski definition) is 5. The maximum atomic E-state index is 13.2. The Labute approximate surface area is 201 Å². The summed E-state index contributed by atoms with van der Waals surface area (Å²) in [5.74, 6) is 1.63. The van der Waals surface area contributed by atoms with Crippen LogP contribution in [0.15, 0.2) is 35.3 Å². The number of hydrogen-bond donors (Lipinski definition) is 1. The quantitative estimate of drug-likeness (QED) is 0.457. The van der Waals surface area contributed by atoms with E-state index in [0.717, 1.165) is 67.1 Å². The summed E-state index contributed by atoms with van der Waals surface area (Å²) in [5.41, 5.74) is 3.76. The maximum Gasteiger partial charge on any atom is 0.266 e. The number of thiophene rings is 1. The molecule has 174 valence electrons. The number of aryl methyl sites for hydroxylation is 3. The highest BCUT2D eigenvalue weighted by Gasteiger charge is 2.22. The molecular weight excluding hydrogens is 446 g/mol. The van der Waals surface area contributed by atoms with Gasteiger partial charge in [-0.25, -0.2) is 9.97 Å². The van der Waals surface area contributed by atoms with Crippen LogP contribution in [0.1, 0.15) is 58.9 Å². The van der Waals surface area contributed by atoms with E-state index in [2.05, 4.69) is 14.9 Å². The van der Waals surface area contributed by atoms with Gasteiger partial charge >= 0.3 is 0 Å². The van der Waals surface area contributed by atoms with Gasteiger partial charge in [-0.1, -0.05) is 6.42 Å². The van der Waals surface area contributed by atoms with Crippen LogP contribution < -0.4 is 10.9 Å². The van der Waals surface area contributed by atoms with Crippen LogP contribution in [0.3, 0.4) is 0 Å². The average Bonchev–Trinajstić information content (AvgIpc) is 3.33. The number of nitrogens with zero attached hydrogens (tertiary/aromatic N) is 4. The second-order valence-electron chi connectivity index (χ2n) is 9.25. The summed E-state index contributed by atoms with van der Waals surface area (Å²) < 4.78 is 4.11. The van der Waals surface area contributed by atoms with Crippen LogP contribution >= 0.6 is 11.3 Å². The van der Waals surface area contributed by atoms with Crippen LogP contribution in [0.25, 0.3) is 21.6 Å². The van der Waals surface area contributed by atoms with Gasteiger partial charge in [0.1, 0.15) is 16.5 Å². The van der Waals surface area contributed by atoms with Gasteiger partial charge < -0.3 is 9.88 Å². The van der Waals surface area contributed by atoms with E-state index >= 15 is 0 Å². The molecule has 6 rings (SSSR count). The van der Waals surface area contributed by atoms with Crippen LogP contribution in [-0.2, 0) is 25.9 Å². The van der Waals surface area contributed by atoms with Crippen molar-refractivity contribution in [3.63, 3.8) is 0 Å². The highest BCUT2D eigenvalue weighted by molar-refractivity contribution is 7.20. The van der Waals surface area contributed by atoms with Crippen molar-refractivity contribution in [3.8, 4) is 11.4 Å². The number of anilines is 1. The topological polar surface area (TPSA) is 81.8 Å². The third-order valence-electron chi connectivity index (χ3n) is 7.02.